The Balaban J connectivity index is 2.00. The average Bonchev–Trinajstić information content (AvgIpc) is 2.87. The van der Waals surface area contributed by atoms with E-state index in [1.165, 1.54) is 11.3 Å². The van der Waals surface area contributed by atoms with Crippen LogP contribution in [0.5, 0.6) is 0 Å². The van der Waals surface area contributed by atoms with Crippen molar-refractivity contribution in [1.82, 2.24) is 9.88 Å². The minimum Gasteiger partial charge on any atom is -0.335 e. The Morgan fingerprint density at radius 3 is 3.22 bits per heavy atom. The number of hydrogen-bond acceptors (Lipinski definition) is 5. The molecule has 0 bridgehead atoms. The first-order valence-electron chi connectivity index (χ1n) is 6.30. The third-order valence-electron chi connectivity index (χ3n) is 3.01. The molecule has 2 heterocycles. The smallest absolute Gasteiger partial charge is 0.273 e. The van der Waals surface area contributed by atoms with Crippen molar-refractivity contribution >= 4 is 29.0 Å². The summed E-state index contributed by atoms with van der Waals surface area (Å²) in [5.74, 6) is 1.11. The Labute approximate surface area is 116 Å². The highest BCUT2D eigenvalue weighted by atomic mass is 32.2. The number of amides is 1. The fourth-order valence-electron chi connectivity index (χ4n) is 1.96. The number of rotatable bonds is 4. The van der Waals surface area contributed by atoms with Crippen molar-refractivity contribution in [3.63, 3.8) is 0 Å². The minimum absolute atomic E-state index is 0.0771. The van der Waals surface area contributed by atoms with Crippen LogP contribution >= 0.6 is 23.1 Å². The summed E-state index contributed by atoms with van der Waals surface area (Å²) >= 11 is 3.49. The van der Waals surface area contributed by atoms with E-state index in [4.69, 9.17) is 5.73 Å². The van der Waals surface area contributed by atoms with Crippen LogP contribution in [0.4, 0.5) is 0 Å². The number of thioether (sulfide) groups is 1. The molecule has 100 valence electrons. The Morgan fingerprint density at radius 2 is 2.50 bits per heavy atom. The third-order valence-corrected chi connectivity index (χ3v) is 5.29. The molecule has 1 aromatic rings. The van der Waals surface area contributed by atoms with Gasteiger partial charge in [-0.1, -0.05) is 6.92 Å². The molecule has 6 heteroatoms. The van der Waals surface area contributed by atoms with Crippen LogP contribution in [-0.2, 0) is 6.42 Å². The van der Waals surface area contributed by atoms with E-state index in [9.17, 15) is 4.79 Å². The first kappa shape index (κ1) is 13.8. The highest BCUT2D eigenvalue weighted by Crippen LogP contribution is 2.22. The molecule has 0 saturated carbocycles. The SMILES string of the molecule is CCC1CN(C(=O)c2csc(CCN)n2)CCS1. The summed E-state index contributed by atoms with van der Waals surface area (Å²) in [6.45, 7) is 4.45. The molecular formula is C12H19N3OS2. The van der Waals surface area contributed by atoms with Gasteiger partial charge in [-0.05, 0) is 13.0 Å². The van der Waals surface area contributed by atoms with Gasteiger partial charge in [-0.15, -0.1) is 11.3 Å². The summed E-state index contributed by atoms with van der Waals surface area (Å²) in [6.07, 6.45) is 1.87. The van der Waals surface area contributed by atoms with Crippen LogP contribution in [0.15, 0.2) is 5.38 Å². The average molecular weight is 285 g/mol. The molecule has 2 rings (SSSR count). The Kier molecular flexibility index (Phi) is 5.03. The summed E-state index contributed by atoms with van der Waals surface area (Å²) < 4.78 is 0. The molecule has 0 aromatic carbocycles. The lowest BCUT2D eigenvalue weighted by molar-refractivity contribution is 0.0755. The molecule has 0 radical (unpaired) electrons. The van der Waals surface area contributed by atoms with E-state index >= 15 is 0 Å². The van der Waals surface area contributed by atoms with Crippen molar-refractivity contribution in [1.29, 1.82) is 0 Å². The van der Waals surface area contributed by atoms with Crippen molar-refractivity contribution < 1.29 is 4.79 Å². The molecule has 1 amide bonds. The number of carbonyl (C=O) groups is 1. The van der Waals surface area contributed by atoms with Gasteiger partial charge in [-0.2, -0.15) is 11.8 Å². The molecule has 1 atom stereocenters. The van der Waals surface area contributed by atoms with Crippen LogP contribution in [0, 0.1) is 0 Å². The number of hydrogen-bond donors (Lipinski definition) is 1. The van der Waals surface area contributed by atoms with Gasteiger partial charge in [0, 0.05) is 35.9 Å². The molecule has 1 aliphatic rings. The van der Waals surface area contributed by atoms with Gasteiger partial charge >= 0.3 is 0 Å². The van der Waals surface area contributed by atoms with Gasteiger partial charge < -0.3 is 10.6 Å². The lowest BCUT2D eigenvalue weighted by Gasteiger charge is -2.31. The van der Waals surface area contributed by atoms with Gasteiger partial charge in [-0.25, -0.2) is 4.98 Å². The molecule has 1 unspecified atom stereocenters. The zero-order chi connectivity index (χ0) is 13.0. The fraction of sp³-hybridized carbons (Fsp3) is 0.667. The minimum atomic E-state index is 0.0771. The van der Waals surface area contributed by atoms with Gasteiger partial charge in [0.1, 0.15) is 5.69 Å². The van der Waals surface area contributed by atoms with Crippen molar-refractivity contribution in [2.24, 2.45) is 5.73 Å². The second-order valence-electron chi connectivity index (χ2n) is 4.32. The highest BCUT2D eigenvalue weighted by Gasteiger charge is 2.25. The molecule has 2 N–H and O–H groups in total. The Bertz CT molecular complexity index is 408. The van der Waals surface area contributed by atoms with E-state index in [0.29, 0.717) is 17.5 Å². The largest absolute Gasteiger partial charge is 0.335 e. The van der Waals surface area contributed by atoms with E-state index in [1.807, 2.05) is 22.0 Å². The number of thiazole rings is 1. The molecular weight excluding hydrogens is 266 g/mol. The maximum Gasteiger partial charge on any atom is 0.273 e. The molecule has 18 heavy (non-hydrogen) atoms. The first-order chi connectivity index (χ1) is 8.74. The zero-order valence-corrected chi connectivity index (χ0v) is 12.2. The van der Waals surface area contributed by atoms with Gasteiger partial charge in [-0.3, -0.25) is 4.79 Å². The zero-order valence-electron chi connectivity index (χ0n) is 10.6. The van der Waals surface area contributed by atoms with E-state index < -0.39 is 0 Å². The molecule has 1 aliphatic heterocycles. The lowest BCUT2D eigenvalue weighted by atomic mass is 10.2. The topological polar surface area (TPSA) is 59.2 Å². The van der Waals surface area contributed by atoms with Gasteiger partial charge in [0.25, 0.3) is 5.91 Å². The van der Waals surface area contributed by atoms with Crippen LogP contribution in [0.3, 0.4) is 0 Å². The van der Waals surface area contributed by atoms with Crippen molar-refractivity contribution in [2.75, 3.05) is 25.4 Å². The summed E-state index contributed by atoms with van der Waals surface area (Å²) in [6, 6.07) is 0. The van der Waals surface area contributed by atoms with Gasteiger partial charge in [0.15, 0.2) is 0 Å². The molecule has 0 aliphatic carbocycles. The fourth-order valence-corrected chi connectivity index (χ4v) is 3.93. The van der Waals surface area contributed by atoms with Crippen LogP contribution in [0.1, 0.15) is 28.8 Å². The summed E-state index contributed by atoms with van der Waals surface area (Å²) in [5, 5.41) is 3.39. The maximum absolute atomic E-state index is 12.3. The standard InChI is InChI=1S/C12H19N3OS2/c1-2-9-7-15(5-6-17-9)12(16)10-8-18-11(14-10)3-4-13/h8-9H,2-7,13H2,1H3. The van der Waals surface area contributed by atoms with Gasteiger partial charge in [0.2, 0.25) is 0 Å². The Morgan fingerprint density at radius 1 is 1.67 bits per heavy atom. The lowest BCUT2D eigenvalue weighted by Crippen LogP contribution is -2.41. The van der Waals surface area contributed by atoms with E-state index in [1.54, 1.807) is 0 Å². The predicted octanol–water partition coefficient (Wildman–Crippen LogP) is 1.61. The van der Waals surface area contributed by atoms with Crippen molar-refractivity contribution in [3.05, 3.63) is 16.1 Å². The van der Waals surface area contributed by atoms with E-state index in [-0.39, 0.29) is 5.91 Å². The number of aromatic nitrogens is 1. The van der Waals surface area contributed by atoms with Crippen LogP contribution in [0.2, 0.25) is 0 Å². The number of nitrogens with zero attached hydrogens (tertiary/aromatic N) is 2. The molecule has 1 fully saturated rings. The van der Waals surface area contributed by atoms with E-state index in [2.05, 4.69) is 11.9 Å². The van der Waals surface area contributed by atoms with Crippen LogP contribution < -0.4 is 5.73 Å². The summed E-state index contributed by atoms with van der Waals surface area (Å²) in [7, 11) is 0. The number of carbonyl (C=O) groups excluding carboxylic acids is 1. The number of nitrogens with two attached hydrogens (primary N) is 1. The van der Waals surface area contributed by atoms with E-state index in [0.717, 1.165) is 36.7 Å². The first-order valence-corrected chi connectivity index (χ1v) is 8.22. The third kappa shape index (κ3) is 3.24. The summed E-state index contributed by atoms with van der Waals surface area (Å²) in [4.78, 5) is 18.6. The summed E-state index contributed by atoms with van der Waals surface area (Å²) in [5.41, 5.74) is 6.08. The van der Waals surface area contributed by atoms with Crippen LogP contribution in [0.25, 0.3) is 0 Å². The molecule has 1 aromatic heterocycles. The molecule has 4 nitrogen and oxygen atoms in total. The van der Waals surface area contributed by atoms with Crippen molar-refractivity contribution in [2.45, 2.75) is 25.0 Å². The maximum atomic E-state index is 12.3. The second kappa shape index (κ2) is 6.54. The monoisotopic (exact) mass is 285 g/mol. The van der Waals surface area contributed by atoms with Crippen LogP contribution in [-0.4, -0.2) is 46.4 Å². The highest BCUT2D eigenvalue weighted by molar-refractivity contribution is 8.00. The molecule has 0 spiro atoms. The van der Waals surface area contributed by atoms with Crippen molar-refractivity contribution in [3.8, 4) is 0 Å². The molecule has 1 saturated heterocycles. The normalized spacial score (nSPS) is 20.1. The van der Waals surface area contributed by atoms with Gasteiger partial charge in [0.05, 0.1) is 5.01 Å². The predicted molar refractivity (Wildman–Crippen MR) is 77.3 cm³/mol. The second-order valence-corrected chi connectivity index (χ2v) is 6.67. The Hall–Kier alpha value is -0.590. The quantitative estimate of drug-likeness (QED) is 0.913.